The van der Waals surface area contributed by atoms with Gasteiger partial charge >= 0.3 is 12.2 Å². The van der Waals surface area contributed by atoms with Crippen molar-refractivity contribution in [2.75, 3.05) is 39.4 Å². The van der Waals surface area contributed by atoms with Crippen LogP contribution in [0.4, 0.5) is 18.0 Å². The topological polar surface area (TPSA) is 67.7 Å². The SMILES string of the molecule is O=C(N1CCOCC1)N1CCC(Cn2cnc(C(F)(F)F)cc2=O)CC1. The first-order valence-corrected chi connectivity index (χ1v) is 8.60. The summed E-state index contributed by atoms with van der Waals surface area (Å²) in [5, 5.41) is 0. The fraction of sp³-hybridized carbons (Fsp3) is 0.688. The van der Waals surface area contributed by atoms with Gasteiger partial charge in [0, 0.05) is 38.8 Å². The van der Waals surface area contributed by atoms with Crippen LogP contribution in [0.5, 0.6) is 0 Å². The Morgan fingerprint density at radius 3 is 2.35 bits per heavy atom. The van der Waals surface area contributed by atoms with E-state index in [9.17, 15) is 22.8 Å². The van der Waals surface area contributed by atoms with Crippen molar-refractivity contribution in [3.05, 3.63) is 28.4 Å². The number of hydrogen-bond acceptors (Lipinski definition) is 4. The lowest BCUT2D eigenvalue weighted by Gasteiger charge is -2.37. The van der Waals surface area contributed by atoms with Crippen LogP contribution in [0.2, 0.25) is 0 Å². The van der Waals surface area contributed by atoms with Crippen LogP contribution < -0.4 is 5.56 Å². The standard InChI is InChI=1S/C16H21F3N4O3/c17-16(18,19)13-9-14(24)23(11-20-13)10-12-1-3-21(4-2-12)15(25)22-5-7-26-8-6-22/h9,11-12H,1-8,10H2. The number of carbonyl (C=O) groups excluding carboxylic acids is 1. The molecule has 144 valence electrons. The Labute approximate surface area is 148 Å². The molecule has 2 saturated heterocycles. The van der Waals surface area contributed by atoms with E-state index in [2.05, 4.69) is 4.98 Å². The molecule has 0 N–H and O–H groups in total. The number of aromatic nitrogens is 2. The summed E-state index contributed by atoms with van der Waals surface area (Å²) in [4.78, 5) is 31.2. The maximum Gasteiger partial charge on any atom is 0.433 e. The highest BCUT2D eigenvalue weighted by Crippen LogP contribution is 2.26. The number of morpholine rings is 1. The van der Waals surface area contributed by atoms with E-state index in [1.54, 1.807) is 9.80 Å². The molecule has 0 aromatic carbocycles. The summed E-state index contributed by atoms with van der Waals surface area (Å²) in [6.07, 6.45) is -2.27. The number of carbonyl (C=O) groups is 1. The number of nitrogens with zero attached hydrogens (tertiary/aromatic N) is 4. The minimum absolute atomic E-state index is 0.000105. The molecule has 1 aromatic rings. The number of halogens is 3. The Morgan fingerprint density at radius 2 is 1.77 bits per heavy atom. The summed E-state index contributed by atoms with van der Waals surface area (Å²) in [7, 11) is 0. The van der Waals surface area contributed by atoms with E-state index in [4.69, 9.17) is 4.74 Å². The summed E-state index contributed by atoms with van der Waals surface area (Å²) in [5.41, 5.74) is -1.89. The molecule has 0 spiro atoms. The van der Waals surface area contributed by atoms with Crippen LogP contribution in [0.15, 0.2) is 17.2 Å². The Morgan fingerprint density at radius 1 is 1.15 bits per heavy atom. The number of alkyl halides is 3. The zero-order valence-electron chi connectivity index (χ0n) is 14.2. The van der Waals surface area contributed by atoms with Crippen LogP contribution in [0, 0.1) is 5.92 Å². The number of urea groups is 1. The molecular formula is C16H21F3N4O3. The van der Waals surface area contributed by atoms with Gasteiger partial charge in [0.05, 0.1) is 19.5 Å². The quantitative estimate of drug-likeness (QED) is 0.785. The third kappa shape index (κ3) is 4.35. The zero-order valence-corrected chi connectivity index (χ0v) is 14.2. The lowest BCUT2D eigenvalue weighted by molar-refractivity contribution is -0.141. The van der Waals surface area contributed by atoms with Crippen molar-refractivity contribution in [3.63, 3.8) is 0 Å². The Kier molecular flexibility index (Phi) is 5.49. The smallest absolute Gasteiger partial charge is 0.378 e. The van der Waals surface area contributed by atoms with Gasteiger partial charge in [0.1, 0.15) is 0 Å². The van der Waals surface area contributed by atoms with Gasteiger partial charge in [0.2, 0.25) is 0 Å². The molecule has 0 aliphatic carbocycles. The lowest BCUT2D eigenvalue weighted by Crippen LogP contribution is -2.50. The van der Waals surface area contributed by atoms with Crippen LogP contribution >= 0.6 is 0 Å². The summed E-state index contributed by atoms with van der Waals surface area (Å²) in [6, 6.07) is 0.525. The highest BCUT2D eigenvalue weighted by molar-refractivity contribution is 5.74. The molecule has 3 rings (SSSR count). The van der Waals surface area contributed by atoms with Gasteiger partial charge in [0.15, 0.2) is 5.69 Å². The molecule has 0 unspecified atom stereocenters. The Hall–Kier alpha value is -2.10. The first-order valence-electron chi connectivity index (χ1n) is 8.60. The first-order chi connectivity index (χ1) is 12.3. The molecule has 10 heteroatoms. The van der Waals surface area contributed by atoms with Gasteiger partial charge in [-0.25, -0.2) is 9.78 Å². The zero-order chi connectivity index (χ0) is 18.7. The van der Waals surface area contributed by atoms with Gasteiger partial charge in [-0.15, -0.1) is 0 Å². The maximum absolute atomic E-state index is 12.6. The van der Waals surface area contributed by atoms with Gasteiger partial charge < -0.3 is 14.5 Å². The van der Waals surface area contributed by atoms with Crippen molar-refractivity contribution in [3.8, 4) is 0 Å². The molecule has 0 saturated carbocycles. The molecule has 1 aromatic heterocycles. The van der Waals surface area contributed by atoms with E-state index in [1.165, 1.54) is 4.57 Å². The van der Waals surface area contributed by atoms with Crippen LogP contribution in [-0.2, 0) is 17.5 Å². The summed E-state index contributed by atoms with van der Waals surface area (Å²) in [5.74, 6) is 0.125. The third-order valence-corrected chi connectivity index (χ3v) is 4.79. The van der Waals surface area contributed by atoms with Gasteiger partial charge in [-0.05, 0) is 18.8 Å². The van der Waals surface area contributed by atoms with Crippen molar-refractivity contribution in [1.82, 2.24) is 19.4 Å². The van der Waals surface area contributed by atoms with Gasteiger partial charge in [-0.1, -0.05) is 0 Å². The largest absolute Gasteiger partial charge is 0.433 e. The minimum atomic E-state index is -4.62. The molecule has 3 heterocycles. The molecule has 2 aliphatic heterocycles. The van der Waals surface area contributed by atoms with Gasteiger partial charge in [-0.3, -0.25) is 9.36 Å². The molecule has 2 fully saturated rings. The van der Waals surface area contributed by atoms with Crippen LogP contribution in [0.1, 0.15) is 18.5 Å². The molecule has 2 amide bonds. The summed E-state index contributed by atoms with van der Waals surface area (Å²) < 4.78 is 44.2. The normalized spacial score (nSPS) is 19.7. The average molecular weight is 374 g/mol. The van der Waals surface area contributed by atoms with E-state index < -0.39 is 17.4 Å². The number of amides is 2. The van der Waals surface area contributed by atoms with E-state index >= 15 is 0 Å². The maximum atomic E-state index is 12.6. The predicted molar refractivity (Wildman–Crippen MR) is 85.6 cm³/mol. The van der Waals surface area contributed by atoms with Crippen molar-refractivity contribution < 1.29 is 22.7 Å². The molecule has 26 heavy (non-hydrogen) atoms. The highest BCUT2D eigenvalue weighted by atomic mass is 19.4. The van der Waals surface area contributed by atoms with Gasteiger partial charge in [0.25, 0.3) is 5.56 Å². The second-order valence-corrected chi connectivity index (χ2v) is 6.57. The summed E-state index contributed by atoms with van der Waals surface area (Å²) in [6.45, 7) is 3.73. The Bertz CT molecular complexity index is 693. The third-order valence-electron chi connectivity index (χ3n) is 4.79. The highest BCUT2D eigenvalue weighted by Gasteiger charge is 2.33. The number of piperidine rings is 1. The average Bonchev–Trinajstić information content (AvgIpc) is 2.63. The number of rotatable bonds is 2. The van der Waals surface area contributed by atoms with Crippen LogP contribution in [0.25, 0.3) is 0 Å². The molecule has 7 nitrogen and oxygen atoms in total. The van der Waals surface area contributed by atoms with Crippen molar-refractivity contribution in [2.45, 2.75) is 25.6 Å². The monoisotopic (exact) mass is 374 g/mol. The molecule has 0 radical (unpaired) electrons. The second-order valence-electron chi connectivity index (χ2n) is 6.57. The number of hydrogen-bond donors (Lipinski definition) is 0. The first kappa shape index (κ1) is 18.7. The van der Waals surface area contributed by atoms with Gasteiger partial charge in [-0.2, -0.15) is 13.2 Å². The lowest BCUT2D eigenvalue weighted by atomic mass is 9.97. The van der Waals surface area contributed by atoms with Crippen molar-refractivity contribution >= 4 is 6.03 Å². The van der Waals surface area contributed by atoms with E-state index in [1.807, 2.05) is 0 Å². The molecular weight excluding hydrogens is 353 g/mol. The fourth-order valence-corrected chi connectivity index (χ4v) is 3.26. The van der Waals surface area contributed by atoms with Crippen LogP contribution in [0.3, 0.4) is 0 Å². The molecule has 0 atom stereocenters. The number of likely N-dealkylation sites (tertiary alicyclic amines) is 1. The van der Waals surface area contributed by atoms with Crippen LogP contribution in [-0.4, -0.2) is 64.8 Å². The summed E-state index contributed by atoms with van der Waals surface area (Å²) >= 11 is 0. The molecule has 2 aliphatic rings. The predicted octanol–water partition coefficient (Wildman–Crippen LogP) is 1.43. The van der Waals surface area contributed by atoms with Crippen molar-refractivity contribution in [2.24, 2.45) is 5.92 Å². The minimum Gasteiger partial charge on any atom is -0.378 e. The van der Waals surface area contributed by atoms with E-state index in [0.717, 1.165) is 6.33 Å². The molecule has 0 bridgehead atoms. The fourth-order valence-electron chi connectivity index (χ4n) is 3.26. The number of ether oxygens (including phenoxy) is 1. The Balaban J connectivity index is 1.54. The second kappa shape index (κ2) is 7.65. The van der Waals surface area contributed by atoms with Crippen molar-refractivity contribution in [1.29, 1.82) is 0 Å². The van der Waals surface area contributed by atoms with E-state index in [-0.39, 0.29) is 11.9 Å². The van der Waals surface area contributed by atoms with E-state index in [0.29, 0.717) is 64.8 Å².